The van der Waals surface area contributed by atoms with Gasteiger partial charge in [-0.25, -0.2) is 4.68 Å². The number of methoxy groups -OCH3 is 3. The number of hydrogen-bond donors (Lipinski definition) is 0. The van der Waals surface area contributed by atoms with Crippen LogP contribution < -0.4 is 18.9 Å². The Morgan fingerprint density at radius 3 is 2.52 bits per heavy atom. The Bertz CT molecular complexity index is 1220. The van der Waals surface area contributed by atoms with Crippen LogP contribution in [0.5, 0.6) is 23.0 Å². The molecule has 0 N–H and O–H groups in total. The highest BCUT2D eigenvalue weighted by Crippen LogP contribution is 2.38. The second kappa shape index (κ2) is 8.50. The fraction of sp³-hybridized carbons (Fsp3) is 0.292. The Kier molecular flexibility index (Phi) is 5.37. The van der Waals surface area contributed by atoms with Crippen molar-refractivity contribution in [1.29, 1.82) is 0 Å². The van der Waals surface area contributed by atoms with Crippen LogP contribution in [0.4, 0.5) is 0 Å². The third kappa shape index (κ3) is 3.86. The molecule has 33 heavy (non-hydrogen) atoms. The van der Waals surface area contributed by atoms with Gasteiger partial charge in [-0.15, -0.1) is 5.10 Å². The molecule has 1 aromatic heterocycles. The molecule has 0 aliphatic carbocycles. The van der Waals surface area contributed by atoms with Crippen LogP contribution in [-0.2, 0) is 24.3 Å². The number of rotatable bonds is 7. The van der Waals surface area contributed by atoms with Gasteiger partial charge in [0.25, 0.3) is 5.91 Å². The third-order valence-corrected chi connectivity index (χ3v) is 5.80. The van der Waals surface area contributed by atoms with E-state index in [2.05, 4.69) is 10.3 Å². The molecule has 0 radical (unpaired) electrons. The molecule has 0 spiro atoms. The lowest BCUT2D eigenvalue weighted by molar-refractivity contribution is -0.126. The van der Waals surface area contributed by atoms with Crippen molar-refractivity contribution in [2.75, 3.05) is 27.9 Å². The summed E-state index contributed by atoms with van der Waals surface area (Å²) in [5, 5.41) is 8.48. The van der Waals surface area contributed by atoms with Crippen LogP contribution in [0, 0.1) is 0 Å². The Labute approximate surface area is 191 Å². The topological polar surface area (TPSA) is 87.9 Å². The van der Waals surface area contributed by atoms with E-state index in [-0.39, 0.29) is 5.91 Å². The van der Waals surface area contributed by atoms with Gasteiger partial charge in [0.15, 0.2) is 11.5 Å². The zero-order valence-electron chi connectivity index (χ0n) is 18.7. The summed E-state index contributed by atoms with van der Waals surface area (Å²) in [6, 6.07) is 11.6. The van der Waals surface area contributed by atoms with E-state index in [0.29, 0.717) is 49.0 Å². The Balaban J connectivity index is 1.28. The van der Waals surface area contributed by atoms with Crippen molar-refractivity contribution in [2.45, 2.75) is 19.5 Å². The highest BCUT2D eigenvalue weighted by atomic mass is 16.5. The van der Waals surface area contributed by atoms with Gasteiger partial charge in [-0.2, -0.15) is 0 Å². The van der Waals surface area contributed by atoms with E-state index >= 15 is 0 Å². The van der Waals surface area contributed by atoms with Crippen LogP contribution in [0.3, 0.4) is 0 Å². The smallest absolute Gasteiger partial charge is 0.254 e. The average Bonchev–Trinajstić information content (AvgIpc) is 3.40. The van der Waals surface area contributed by atoms with Crippen molar-refractivity contribution < 1.29 is 23.7 Å². The van der Waals surface area contributed by atoms with E-state index in [9.17, 15) is 4.79 Å². The maximum atomic E-state index is 12.9. The minimum atomic E-state index is -0.0151. The molecule has 0 atom stereocenters. The maximum Gasteiger partial charge on any atom is 0.254 e. The van der Waals surface area contributed by atoms with Crippen molar-refractivity contribution in [3.8, 4) is 23.0 Å². The molecule has 9 nitrogen and oxygen atoms in total. The van der Waals surface area contributed by atoms with Crippen molar-refractivity contribution in [1.82, 2.24) is 19.9 Å². The van der Waals surface area contributed by atoms with Gasteiger partial charge in [-0.05, 0) is 29.3 Å². The predicted molar refractivity (Wildman–Crippen MR) is 118 cm³/mol. The largest absolute Gasteiger partial charge is 0.493 e. The number of para-hydroxylation sites is 1. The van der Waals surface area contributed by atoms with Crippen LogP contribution in [0.2, 0.25) is 0 Å². The zero-order chi connectivity index (χ0) is 22.9. The maximum absolute atomic E-state index is 12.9. The summed E-state index contributed by atoms with van der Waals surface area (Å²) in [6.07, 6.45) is 2.43. The lowest BCUT2D eigenvalue weighted by Gasteiger charge is -2.17. The van der Waals surface area contributed by atoms with E-state index in [4.69, 9.17) is 18.9 Å². The van der Waals surface area contributed by atoms with Gasteiger partial charge in [0.05, 0.1) is 52.7 Å². The molecule has 0 saturated carbocycles. The molecule has 5 rings (SSSR count). The summed E-state index contributed by atoms with van der Waals surface area (Å²) < 4.78 is 23.9. The number of hydrogen-bond acceptors (Lipinski definition) is 7. The van der Waals surface area contributed by atoms with Gasteiger partial charge in [-0.1, -0.05) is 23.4 Å². The monoisotopic (exact) mass is 448 g/mol. The molecule has 1 amide bonds. The lowest BCUT2D eigenvalue weighted by Crippen LogP contribution is -2.27. The van der Waals surface area contributed by atoms with Crippen LogP contribution >= 0.6 is 0 Å². The molecule has 2 aliphatic heterocycles. The van der Waals surface area contributed by atoms with E-state index < -0.39 is 0 Å². The van der Waals surface area contributed by atoms with Gasteiger partial charge >= 0.3 is 0 Å². The van der Waals surface area contributed by atoms with Crippen LogP contribution in [0.1, 0.15) is 16.8 Å². The normalized spacial score (nSPS) is 14.6. The molecule has 0 unspecified atom stereocenters. The van der Waals surface area contributed by atoms with Gasteiger partial charge in [0, 0.05) is 6.42 Å². The van der Waals surface area contributed by atoms with E-state index in [0.717, 1.165) is 28.2 Å². The number of carbonyl (C=O) groups excluding carboxylic acids is 1. The number of aromatic nitrogens is 3. The quantitative estimate of drug-likeness (QED) is 0.549. The summed E-state index contributed by atoms with van der Waals surface area (Å²) in [6.45, 7) is 1.26. The van der Waals surface area contributed by atoms with Gasteiger partial charge < -0.3 is 23.8 Å². The fourth-order valence-corrected chi connectivity index (χ4v) is 4.22. The number of amides is 1. The van der Waals surface area contributed by atoms with Crippen molar-refractivity contribution in [3.63, 3.8) is 0 Å². The van der Waals surface area contributed by atoms with Gasteiger partial charge in [-0.3, -0.25) is 4.79 Å². The van der Waals surface area contributed by atoms with Crippen LogP contribution in [0.25, 0.3) is 0 Å². The minimum absolute atomic E-state index is 0.0151. The number of ether oxygens (including phenoxy) is 4. The number of nitrogens with zero attached hydrogens (tertiary/aromatic N) is 4. The molecule has 0 bridgehead atoms. The first-order valence-corrected chi connectivity index (χ1v) is 10.5. The SMILES string of the molecule is COc1cc(Cn2cc(CN3CC4=C(Cc5ccccc5O4)C3=O)nn2)cc(OC)c1OC. The second-order valence-corrected chi connectivity index (χ2v) is 7.89. The highest BCUT2D eigenvalue weighted by Gasteiger charge is 2.35. The Hall–Kier alpha value is -4.01. The van der Waals surface area contributed by atoms with Crippen LogP contribution in [-0.4, -0.2) is 53.7 Å². The number of benzene rings is 2. The molecule has 170 valence electrons. The summed E-state index contributed by atoms with van der Waals surface area (Å²) in [4.78, 5) is 14.7. The molecule has 3 heterocycles. The molecule has 2 aromatic carbocycles. The third-order valence-electron chi connectivity index (χ3n) is 5.80. The molecule has 2 aliphatic rings. The molecular formula is C24H24N4O5. The standard InChI is InChI=1S/C24H24N4O5/c1-30-20-8-15(9-21(31-2)23(20)32-3)11-28-13-17(25-26-28)12-27-14-22-18(24(27)29)10-16-6-4-5-7-19(16)33-22/h4-9,13H,10-12,14H2,1-3H3. The zero-order valence-corrected chi connectivity index (χ0v) is 18.7. The van der Waals surface area contributed by atoms with Gasteiger partial charge in [0.2, 0.25) is 5.75 Å². The number of carbonyl (C=O) groups is 1. The Morgan fingerprint density at radius 1 is 1.03 bits per heavy atom. The number of fused-ring (bicyclic) bond motifs is 1. The van der Waals surface area contributed by atoms with E-state index in [1.54, 1.807) is 30.9 Å². The van der Waals surface area contributed by atoms with E-state index in [1.807, 2.05) is 42.6 Å². The van der Waals surface area contributed by atoms with E-state index in [1.165, 1.54) is 0 Å². The molecule has 0 saturated heterocycles. The lowest BCUT2D eigenvalue weighted by atomic mass is 10.0. The molecular weight excluding hydrogens is 424 g/mol. The molecule has 3 aromatic rings. The first kappa shape index (κ1) is 20.9. The fourth-order valence-electron chi connectivity index (χ4n) is 4.22. The van der Waals surface area contributed by atoms with Crippen molar-refractivity contribution in [3.05, 3.63) is 70.7 Å². The highest BCUT2D eigenvalue weighted by molar-refractivity contribution is 5.97. The minimum Gasteiger partial charge on any atom is -0.493 e. The van der Waals surface area contributed by atoms with Crippen molar-refractivity contribution >= 4 is 5.91 Å². The van der Waals surface area contributed by atoms with Gasteiger partial charge in [0.1, 0.15) is 17.2 Å². The Morgan fingerprint density at radius 2 is 1.79 bits per heavy atom. The molecule has 0 fully saturated rings. The molecule has 9 heteroatoms. The first-order valence-electron chi connectivity index (χ1n) is 10.5. The van der Waals surface area contributed by atoms with Crippen molar-refractivity contribution in [2.24, 2.45) is 0 Å². The average molecular weight is 448 g/mol. The summed E-state index contributed by atoms with van der Waals surface area (Å²) >= 11 is 0. The summed E-state index contributed by atoms with van der Waals surface area (Å²) in [7, 11) is 4.73. The van der Waals surface area contributed by atoms with Crippen LogP contribution in [0.15, 0.2) is 53.9 Å². The second-order valence-electron chi connectivity index (χ2n) is 7.89. The predicted octanol–water partition coefficient (Wildman–Crippen LogP) is 2.58. The first-order chi connectivity index (χ1) is 16.1. The summed E-state index contributed by atoms with van der Waals surface area (Å²) in [5.41, 5.74) is 3.37. The summed E-state index contributed by atoms with van der Waals surface area (Å²) in [5.74, 6) is 3.22.